The van der Waals surface area contributed by atoms with Crippen LogP contribution in [0.5, 0.6) is 0 Å². The molecule has 0 amide bonds. The molecule has 0 aromatic carbocycles. The van der Waals surface area contributed by atoms with Gasteiger partial charge in [0.25, 0.3) is 0 Å². The first-order chi connectivity index (χ1) is 0. The fraction of sp³-hybridized carbons (Fsp3) is 0. The van der Waals surface area contributed by atoms with Crippen LogP contribution in [0.2, 0.25) is 0 Å². The summed E-state index contributed by atoms with van der Waals surface area (Å²) in [4.78, 5) is 0. The second kappa shape index (κ2) is 15.9. The van der Waals surface area contributed by atoms with Gasteiger partial charge in [-0.3, -0.25) is 0 Å². The van der Waals surface area contributed by atoms with E-state index in [0.717, 1.165) is 0 Å². The largest absolute Gasteiger partial charge is 0 e. The van der Waals surface area contributed by atoms with Crippen molar-refractivity contribution in [1.82, 2.24) is 0 Å². The first-order valence-corrected chi connectivity index (χ1v) is 0. The molecule has 0 aliphatic carbocycles. The first-order valence-electron chi connectivity index (χ1n) is 0. The maximum absolute atomic E-state index is 0. The molecule has 0 saturated carbocycles. The molecule has 0 unspecified atom stereocenters. The summed E-state index contributed by atoms with van der Waals surface area (Å²) < 4.78 is 0. The first kappa shape index (κ1) is 25.2. The van der Waals surface area contributed by atoms with Crippen molar-refractivity contribution in [2.75, 3.05) is 0 Å². The van der Waals surface area contributed by atoms with Crippen molar-refractivity contribution in [2.45, 2.75) is 0 Å². The third kappa shape index (κ3) is 9.21. The van der Waals surface area contributed by atoms with Crippen molar-refractivity contribution in [1.29, 1.82) is 0 Å². The topological polar surface area (TPSA) is 0 Å². The van der Waals surface area contributed by atoms with Gasteiger partial charge < -0.3 is 0 Å². The molecule has 0 N–H and O–H groups in total. The minimum atomic E-state index is 0. The van der Waals surface area contributed by atoms with Crippen LogP contribution in [0.15, 0.2) is 0 Å². The Kier molecular flexibility index (Phi) is 100. The predicted molar refractivity (Wildman–Crippen MR) is 24.2 cm³/mol. The van der Waals surface area contributed by atoms with E-state index in [2.05, 4.69) is 0 Å². The molecule has 0 aromatic rings. The zero-order valence-electron chi connectivity index (χ0n) is 0.408. The van der Waals surface area contributed by atoms with Gasteiger partial charge in [0, 0.05) is 21.1 Å². The Balaban J connectivity index is 0. The Morgan fingerprint density at radius 3 is 1.00 bits per heavy atom. The molecule has 0 atom stereocenters. The molecule has 0 spiro atoms. The monoisotopic (exact) mass is 276 g/mol. The summed E-state index contributed by atoms with van der Waals surface area (Å²) in [5, 5.41) is 0. The smallest absolute Gasteiger partial charge is 0 e. The van der Waals surface area contributed by atoms with Crippen LogP contribution >= 0.6 is 0 Å². The summed E-state index contributed by atoms with van der Waals surface area (Å²) in [6.45, 7) is 0. The van der Waals surface area contributed by atoms with Gasteiger partial charge in [-0.05, 0) is 0 Å². The summed E-state index contributed by atoms with van der Waals surface area (Å²) >= 11 is 0. The standard InChI is InChI=1S/Ca.Mg.Na.W.5H. The maximum Gasteiger partial charge on any atom is 0 e. The molecule has 0 nitrogen and oxygen atoms in total. The summed E-state index contributed by atoms with van der Waals surface area (Å²) in [5.74, 6) is 0. The second-order valence-electron chi connectivity index (χ2n) is 0. The molecule has 0 radical (unpaired) electrons. The molecule has 16 valence electrons. The molecule has 0 heterocycles. The summed E-state index contributed by atoms with van der Waals surface area (Å²) in [7, 11) is 0. The van der Waals surface area contributed by atoms with Crippen LogP contribution in [0.1, 0.15) is 0 Å². The molecule has 0 aliphatic heterocycles. The van der Waals surface area contributed by atoms with Crippen molar-refractivity contribution in [3.63, 3.8) is 0 Å². The van der Waals surface area contributed by atoms with E-state index in [0.29, 0.717) is 0 Å². The minimum Gasteiger partial charge on any atom is 0 e. The van der Waals surface area contributed by atoms with Gasteiger partial charge in [0.05, 0.1) is 0 Å². The van der Waals surface area contributed by atoms with Crippen molar-refractivity contribution in [3.05, 3.63) is 0 Å². The van der Waals surface area contributed by atoms with Gasteiger partial charge in [-0.25, -0.2) is 0 Å². The SMILES string of the molecule is [CaH2].[MgH2].[NaH].[W]. The summed E-state index contributed by atoms with van der Waals surface area (Å²) in [6, 6.07) is 0. The molecule has 0 aliphatic rings. The average Bonchev–Trinajstić information content (AvgIpc) is 0. The maximum atomic E-state index is 0. The van der Waals surface area contributed by atoms with E-state index in [1.807, 2.05) is 0 Å². The Bertz CT molecular complexity index is 8.00. The van der Waals surface area contributed by atoms with E-state index >= 15 is 0 Å². The zero-order chi connectivity index (χ0) is 0. The molecular formula is H5CaMgNaW. The van der Waals surface area contributed by atoms with Crippen LogP contribution in [-0.4, -0.2) is 90.3 Å². The zero-order valence-corrected chi connectivity index (χ0v) is 3.34. The third-order valence-electron chi connectivity index (χ3n) is 0. The number of rotatable bonds is 0. The van der Waals surface area contributed by atoms with Crippen molar-refractivity contribution >= 4 is 90.3 Å². The van der Waals surface area contributed by atoms with E-state index in [1.54, 1.807) is 0 Å². The Morgan fingerprint density at radius 2 is 1.00 bits per heavy atom. The van der Waals surface area contributed by atoms with E-state index in [9.17, 15) is 0 Å². The van der Waals surface area contributed by atoms with E-state index in [1.165, 1.54) is 0 Å². The quantitative estimate of drug-likeness (QED) is 0.430. The van der Waals surface area contributed by atoms with Gasteiger partial charge in [0.1, 0.15) is 0 Å². The van der Waals surface area contributed by atoms with Crippen LogP contribution in [0.3, 0.4) is 0 Å². The molecule has 0 bridgehead atoms. The van der Waals surface area contributed by atoms with Gasteiger partial charge in [0.2, 0.25) is 0 Å². The fourth-order valence-electron chi connectivity index (χ4n) is 0. The van der Waals surface area contributed by atoms with E-state index < -0.39 is 0 Å². The molecule has 0 rings (SSSR count). The molecular weight excluding hydrogens is 271 g/mol. The number of hydrogen-bond donors (Lipinski definition) is 0. The van der Waals surface area contributed by atoms with Crippen LogP contribution in [0.25, 0.3) is 0 Å². The van der Waals surface area contributed by atoms with Gasteiger partial charge >= 0.3 is 90.3 Å². The van der Waals surface area contributed by atoms with Crippen molar-refractivity contribution in [3.8, 4) is 0 Å². The molecule has 0 fully saturated rings. The van der Waals surface area contributed by atoms with Crippen LogP contribution in [0.4, 0.5) is 0 Å². The number of hydrogen-bond acceptors (Lipinski definition) is 0. The molecule has 0 aromatic heterocycles. The molecule has 4 heteroatoms. The normalized spacial score (nSPS) is 0. The Labute approximate surface area is 109 Å². The molecule has 0 saturated heterocycles. The van der Waals surface area contributed by atoms with Gasteiger partial charge in [-0.2, -0.15) is 0 Å². The second-order valence-corrected chi connectivity index (χ2v) is 0. The van der Waals surface area contributed by atoms with Crippen LogP contribution in [0, 0.1) is 0 Å². The van der Waals surface area contributed by atoms with Crippen molar-refractivity contribution < 1.29 is 21.1 Å². The third-order valence-corrected chi connectivity index (χ3v) is 0. The van der Waals surface area contributed by atoms with Gasteiger partial charge in [0.15, 0.2) is 0 Å². The summed E-state index contributed by atoms with van der Waals surface area (Å²) in [5.41, 5.74) is 0. The Hall–Kier alpha value is 3.71. The van der Waals surface area contributed by atoms with Gasteiger partial charge in [-0.1, -0.05) is 0 Å². The fourth-order valence-corrected chi connectivity index (χ4v) is 0. The van der Waals surface area contributed by atoms with E-state index in [4.69, 9.17) is 0 Å². The van der Waals surface area contributed by atoms with Crippen molar-refractivity contribution in [2.24, 2.45) is 0 Å². The van der Waals surface area contributed by atoms with Crippen LogP contribution in [-0.2, 0) is 21.1 Å². The van der Waals surface area contributed by atoms with Crippen LogP contribution < -0.4 is 0 Å². The predicted octanol–water partition coefficient (Wildman–Crippen LogP) is -2.48. The van der Waals surface area contributed by atoms with Gasteiger partial charge in [-0.15, -0.1) is 0 Å². The Morgan fingerprint density at radius 1 is 1.00 bits per heavy atom. The minimum absolute atomic E-state index is 0. The average molecular weight is 276 g/mol. The summed E-state index contributed by atoms with van der Waals surface area (Å²) in [6.07, 6.45) is 0. The molecule has 4 heavy (non-hydrogen) atoms. The van der Waals surface area contributed by atoms with E-state index in [-0.39, 0.29) is 111 Å².